The van der Waals surface area contributed by atoms with Crippen LogP contribution in [0.4, 0.5) is 0 Å². The van der Waals surface area contributed by atoms with Crippen molar-refractivity contribution in [3.8, 4) is 0 Å². The fraction of sp³-hybridized carbons (Fsp3) is 0.591. The van der Waals surface area contributed by atoms with Gasteiger partial charge in [0, 0.05) is 20.8 Å². The molecule has 2 aliphatic rings. The van der Waals surface area contributed by atoms with Crippen molar-refractivity contribution in [1.29, 1.82) is 0 Å². The van der Waals surface area contributed by atoms with Crippen molar-refractivity contribution in [2.45, 2.75) is 52.1 Å². The fourth-order valence-corrected chi connectivity index (χ4v) is 5.15. The largest absolute Gasteiger partial charge is 0.447 e. The van der Waals surface area contributed by atoms with Crippen LogP contribution >= 0.6 is 12.0 Å². The summed E-state index contributed by atoms with van der Waals surface area (Å²) in [4.78, 5) is 13.1. The Morgan fingerprint density at radius 3 is 2.54 bits per heavy atom. The minimum Gasteiger partial charge on any atom is -0.447 e. The van der Waals surface area contributed by atoms with E-state index in [0.29, 0.717) is 29.8 Å². The molecule has 1 aliphatic carbocycles. The van der Waals surface area contributed by atoms with Gasteiger partial charge in [-0.2, -0.15) is 0 Å². The second-order valence-corrected chi connectivity index (χ2v) is 8.53. The Balaban J connectivity index is 2.09. The fourth-order valence-electron chi connectivity index (χ4n) is 4.66. The number of carbonyl (C=O) groups is 1. The number of hydrogen-bond acceptors (Lipinski definition) is 6. The number of aryl methyl sites for hydroxylation is 3. The standard InChI is InChI=1S/C22H30O5S/c1-14-9-15(2)18(16(3)10-14)19-20(27-28-13-25-5)22(26-21(19)23)8-6-7-17(11-22)12-24-4/h9-10,17H,6-8,11-13H2,1-5H3. The molecular formula is C22H30O5S. The molecule has 2 atom stereocenters. The number of esters is 1. The molecule has 1 fully saturated rings. The van der Waals surface area contributed by atoms with Crippen LogP contribution in [0.3, 0.4) is 0 Å². The van der Waals surface area contributed by atoms with Crippen molar-refractivity contribution in [2.24, 2.45) is 5.92 Å². The molecule has 0 amide bonds. The minimum absolute atomic E-state index is 0.291. The summed E-state index contributed by atoms with van der Waals surface area (Å²) in [5, 5.41) is 0. The molecule has 154 valence electrons. The first-order valence-electron chi connectivity index (χ1n) is 9.75. The van der Waals surface area contributed by atoms with Crippen LogP contribution in [0.1, 0.15) is 47.9 Å². The maximum absolute atomic E-state index is 13.1. The van der Waals surface area contributed by atoms with Gasteiger partial charge in [0.05, 0.1) is 12.0 Å². The lowest BCUT2D eigenvalue weighted by molar-refractivity contribution is -0.151. The van der Waals surface area contributed by atoms with E-state index in [0.717, 1.165) is 42.4 Å². The van der Waals surface area contributed by atoms with Crippen LogP contribution in [0.25, 0.3) is 5.57 Å². The van der Waals surface area contributed by atoms with E-state index in [4.69, 9.17) is 18.4 Å². The predicted molar refractivity (Wildman–Crippen MR) is 111 cm³/mol. The molecule has 1 aromatic carbocycles. The zero-order valence-electron chi connectivity index (χ0n) is 17.4. The van der Waals surface area contributed by atoms with Crippen molar-refractivity contribution >= 4 is 23.6 Å². The SMILES string of the molecule is COCSOC1=C(c2c(C)cc(C)cc2C)C(=O)OC12CCCC(COC)C2. The van der Waals surface area contributed by atoms with Gasteiger partial charge in [-0.1, -0.05) is 17.7 Å². The first-order chi connectivity index (χ1) is 13.4. The van der Waals surface area contributed by atoms with Crippen LogP contribution in [0.2, 0.25) is 0 Å². The minimum atomic E-state index is -0.710. The highest BCUT2D eigenvalue weighted by molar-refractivity contribution is 7.94. The Morgan fingerprint density at radius 1 is 1.18 bits per heavy atom. The Morgan fingerprint density at radius 2 is 1.89 bits per heavy atom. The Hall–Kier alpha value is -1.50. The van der Waals surface area contributed by atoms with Gasteiger partial charge in [-0.05, 0) is 69.1 Å². The maximum atomic E-state index is 13.1. The lowest BCUT2D eigenvalue weighted by Gasteiger charge is -2.37. The number of methoxy groups -OCH3 is 2. The van der Waals surface area contributed by atoms with Gasteiger partial charge in [0.2, 0.25) is 0 Å². The molecule has 0 bridgehead atoms. The Labute approximate surface area is 172 Å². The zero-order chi connectivity index (χ0) is 20.3. The van der Waals surface area contributed by atoms with Gasteiger partial charge in [-0.25, -0.2) is 4.79 Å². The smallest absolute Gasteiger partial charge is 0.343 e. The lowest BCUT2D eigenvalue weighted by Crippen LogP contribution is -2.39. The molecule has 5 nitrogen and oxygen atoms in total. The molecule has 2 unspecified atom stereocenters. The van der Waals surface area contributed by atoms with Gasteiger partial charge in [0.1, 0.15) is 11.5 Å². The topological polar surface area (TPSA) is 54.0 Å². The third kappa shape index (κ3) is 4.09. The molecule has 1 saturated carbocycles. The molecular weight excluding hydrogens is 376 g/mol. The number of benzene rings is 1. The average molecular weight is 407 g/mol. The molecule has 0 radical (unpaired) electrons. The molecule has 1 heterocycles. The number of carbonyl (C=O) groups excluding carboxylic acids is 1. The van der Waals surface area contributed by atoms with Crippen molar-refractivity contribution < 1.29 is 23.2 Å². The highest BCUT2D eigenvalue weighted by atomic mass is 32.2. The van der Waals surface area contributed by atoms with Crippen molar-refractivity contribution in [1.82, 2.24) is 0 Å². The average Bonchev–Trinajstić information content (AvgIpc) is 2.86. The first-order valence-corrected chi connectivity index (χ1v) is 10.7. The van der Waals surface area contributed by atoms with Gasteiger partial charge in [0.25, 0.3) is 0 Å². The van der Waals surface area contributed by atoms with Crippen LogP contribution in [0.5, 0.6) is 0 Å². The summed E-state index contributed by atoms with van der Waals surface area (Å²) in [6, 6.07) is 4.20. The molecule has 1 aromatic rings. The third-order valence-corrected chi connectivity index (χ3v) is 6.20. The molecule has 0 aromatic heterocycles. The van der Waals surface area contributed by atoms with Crippen molar-refractivity contribution in [2.75, 3.05) is 26.8 Å². The number of rotatable bonds is 7. The molecule has 1 aliphatic heterocycles. The summed E-state index contributed by atoms with van der Waals surface area (Å²) in [7, 11) is 3.34. The van der Waals surface area contributed by atoms with E-state index in [2.05, 4.69) is 19.1 Å². The van der Waals surface area contributed by atoms with E-state index in [-0.39, 0.29) is 5.97 Å². The highest BCUT2D eigenvalue weighted by Crippen LogP contribution is 2.50. The molecule has 1 spiro atoms. The van der Waals surface area contributed by atoms with Gasteiger partial charge in [0.15, 0.2) is 11.4 Å². The second kappa shape index (κ2) is 8.89. The molecule has 0 N–H and O–H groups in total. The maximum Gasteiger partial charge on any atom is 0.343 e. The van der Waals surface area contributed by atoms with Gasteiger partial charge >= 0.3 is 5.97 Å². The third-order valence-electron chi connectivity index (χ3n) is 5.58. The van der Waals surface area contributed by atoms with E-state index < -0.39 is 5.60 Å². The van der Waals surface area contributed by atoms with E-state index in [1.54, 1.807) is 14.2 Å². The second-order valence-electron chi connectivity index (χ2n) is 7.89. The summed E-state index contributed by atoms with van der Waals surface area (Å²) < 4.78 is 22.7. The summed E-state index contributed by atoms with van der Waals surface area (Å²) in [6.45, 7) is 6.80. The van der Waals surface area contributed by atoms with Crippen molar-refractivity contribution in [3.05, 3.63) is 40.1 Å². The van der Waals surface area contributed by atoms with Crippen LogP contribution in [0.15, 0.2) is 17.9 Å². The van der Waals surface area contributed by atoms with Crippen molar-refractivity contribution in [3.63, 3.8) is 0 Å². The van der Waals surface area contributed by atoms with Crippen LogP contribution < -0.4 is 0 Å². The van der Waals surface area contributed by atoms with Gasteiger partial charge < -0.3 is 18.4 Å². The monoisotopic (exact) mass is 406 g/mol. The molecule has 6 heteroatoms. The quantitative estimate of drug-likeness (QED) is 0.283. The van der Waals surface area contributed by atoms with E-state index in [1.807, 2.05) is 13.8 Å². The van der Waals surface area contributed by atoms with E-state index in [1.165, 1.54) is 17.6 Å². The molecule has 0 saturated heterocycles. The lowest BCUT2D eigenvalue weighted by atomic mass is 9.76. The first kappa shape index (κ1) is 21.2. The number of hydrogen-bond donors (Lipinski definition) is 0. The van der Waals surface area contributed by atoms with Crippen LogP contribution in [-0.2, 0) is 23.2 Å². The highest BCUT2D eigenvalue weighted by Gasteiger charge is 2.53. The van der Waals surface area contributed by atoms with Gasteiger partial charge in [-0.15, -0.1) is 0 Å². The molecule has 28 heavy (non-hydrogen) atoms. The summed E-state index contributed by atoms with van der Waals surface area (Å²) in [6.07, 6.45) is 3.55. The Kier molecular flexibility index (Phi) is 6.73. The zero-order valence-corrected chi connectivity index (χ0v) is 18.2. The predicted octanol–water partition coefficient (Wildman–Crippen LogP) is 4.72. The van der Waals surface area contributed by atoms with Crippen LogP contribution in [0, 0.1) is 26.7 Å². The normalized spacial score (nSPS) is 24.8. The van der Waals surface area contributed by atoms with E-state index >= 15 is 0 Å². The van der Waals surface area contributed by atoms with E-state index in [9.17, 15) is 4.79 Å². The van der Waals surface area contributed by atoms with Crippen LogP contribution in [-0.4, -0.2) is 38.3 Å². The van der Waals surface area contributed by atoms with Gasteiger partial charge in [-0.3, -0.25) is 0 Å². The number of ether oxygens (including phenoxy) is 3. The summed E-state index contributed by atoms with van der Waals surface area (Å²) in [5.74, 6) is 1.09. The summed E-state index contributed by atoms with van der Waals surface area (Å²) in [5.41, 5.74) is 4.07. The Bertz CT molecular complexity index is 747. The molecule has 3 rings (SSSR count). The summed E-state index contributed by atoms with van der Waals surface area (Å²) >= 11 is 1.20.